The molecule has 0 atom stereocenters. The highest BCUT2D eigenvalue weighted by Crippen LogP contribution is 2.38. The largest absolute Gasteiger partial charge is 0.465 e. The third-order valence-corrected chi connectivity index (χ3v) is 5.60. The molecule has 0 aromatic carbocycles. The number of methoxy groups -OCH3 is 1. The van der Waals surface area contributed by atoms with Crippen molar-refractivity contribution in [2.24, 2.45) is 0 Å². The molecule has 0 unspecified atom stereocenters. The molecule has 3 rings (SSSR count). The van der Waals surface area contributed by atoms with Gasteiger partial charge in [-0.05, 0) is 55.9 Å². The molecule has 2 N–H and O–H groups in total. The lowest BCUT2D eigenvalue weighted by molar-refractivity contribution is -0.111. The van der Waals surface area contributed by atoms with Crippen LogP contribution in [-0.2, 0) is 22.4 Å². The number of ether oxygens (including phenoxy) is 1. The summed E-state index contributed by atoms with van der Waals surface area (Å²) in [5, 5.41) is 6.44. The summed E-state index contributed by atoms with van der Waals surface area (Å²) in [5.74, 6) is 0.195. The van der Waals surface area contributed by atoms with E-state index in [9.17, 15) is 9.59 Å². The molecule has 1 aliphatic rings. The Kier molecular flexibility index (Phi) is 6.84. The second-order valence-electron chi connectivity index (χ2n) is 6.36. The van der Waals surface area contributed by atoms with E-state index >= 15 is 0 Å². The highest BCUT2D eigenvalue weighted by molar-refractivity contribution is 7.17. The minimum Gasteiger partial charge on any atom is -0.465 e. The number of anilines is 1. The normalized spacial score (nSPS) is 13.5. The number of carbonyl (C=O) groups is 2. The molecule has 1 aliphatic carbocycles. The molecular formula is C20H24N2O4S. The monoisotopic (exact) mass is 388 g/mol. The Morgan fingerprint density at radius 1 is 1.33 bits per heavy atom. The minimum atomic E-state index is -0.279. The van der Waals surface area contributed by atoms with Gasteiger partial charge < -0.3 is 19.8 Å². The van der Waals surface area contributed by atoms with Crippen LogP contribution in [0.25, 0.3) is 6.08 Å². The molecule has 7 heteroatoms. The summed E-state index contributed by atoms with van der Waals surface area (Å²) in [5.41, 5.74) is 1.70. The Hall–Kier alpha value is -2.38. The van der Waals surface area contributed by atoms with Crippen molar-refractivity contribution in [2.75, 3.05) is 25.6 Å². The zero-order chi connectivity index (χ0) is 19.1. The van der Waals surface area contributed by atoms with Crippen LogP contribution >= 0.6 is 11.3 Å². The van der Waals surface area contributed by atoms with Gasteiger partial charge in [-0.15, -0.1) is 11.3 Å². The quantitative estimate of drug-likeness (QED) is 0.534. The Balaban J connectivity index is 1.74. The number of furan rings is 1. The fourth-order valence-electron chi connectivity index (χ4n) is 3.10. The molecule has 0 spiro atoms. The smallest absolute Gasteiger partial charge is 0.254 e. The van der Waals surface area contributed by atoms with Crippen LogP contribution in [0.4, 0.5) is 5.00 Å². The van der Waals surface area contributed by atoms with E-state index in [2.05, 4.69) is 10.6 Å². The van der Waals surface area contributed by atoms with E-state index in [0.717, 1.165) is 37.7 Å². The third-order valence-electron chi connectivity index (χ3n) is 4.39. The number of nitrogens with one attached hydrogen (secondary N) is 2. The van der Waals surface area contributed by atoms with E-state index in [0.29, 0.717) is 29.5 Å². The first kappa shape index (κ1) is 19.4. The maximum atomic E-state index is 12.8. The van der Waals surface area contributed by atoms with Crippen molar-refractivity contribution in [3.05, 3.63) is 46.2 Å². The second kappa shape index (κ2) is 9.53. The first-order valence-corrected chi connectivity index (χ1v) is 9.95. The van der Waals surface area contributed by atoms with Crippen molar-refractivity contribution in [3.8, 4) is 0 Å². The maximum Gasteiger partial charge on any atom is 0.254 e. The second-order valence-corrected chi connectivity index (χ2v) is 7.46. The fraction of sp³-hybridized carbons (Fsp3) is 0.400. The topological polar surface area (TPSA) is 80.6 Å². The van der Waals surface area contributed by atoms with E-state index in [1.807, 2.05) is 0 Å². The van der Waals surface area contributed by atoms with Gasteiger partial charge in [0.05, 0.1) is 11.8 Å². The molecule has 2 heterocycles. The van der Waals surface area contributed by atoms with Gasteiger partial charge >= 0.3 is 0 Å². The Labute approximate surface area is 162 Å². The van der Waals surface area contributed by atoms with Gasteiger partial charge in [0.15, 0.2) is 0 Å². The zero-order valence-corrected chi connectivity index (χ0v) is 16.2. The zero-order valence-electron chi connectivity index (χ0n) is 15.4. The summed E-state index contributed by atoms with van der Waals surface area (Å²) >= 11 is 1.51. The van der Waals surface area contributed by atoms with Crippen molar-refractivity contribution in [1.29, 1.82) is 0 Å². The van der Waals surface area contributed by atoms with Crippen LogP contribution in [0.15, 0.2) is 28.9 Å². The summed E-state index contributed by atoms with van der Waals surface area (Å²) in [6.45, 7) is 1.15. The highest BCUT2D eigenvalue weighted by Gasteiger charge is 2.25. The average molecular weight is 388 g/mol. The van der Waals surface area contributed by atoms with Crippen LogP contribution in [0.1, 0.15) is 45.8 Å². The van der Waals surface area contributed by atoms with Gasteiger partial charge in [-0.2, -0.15) is 0 Å². The SMILES string of the molecule is COCCCNC(=O)c1c(NC(=O)/C=C\c2ccco2)sc2c1CCCC2. The first-order valence-electron chi connectivity index (χ1n) is 9.13. The minimum absolute atomic E-state index is 0.129. The van der Waals surface area contributed by atoms with Gasteiger partial charge in [-0.25, -0.2) is 0 Å². The van der Waals surface area contributed by atoms with Crippen LogP contribution in [0, 0.1) is 0 Å². The third kappa shape index (κ3) is 5.08. The Bertz CT molecular complexity index is 808. The van der Waals surface area contributed by atoms with Gasteiger partial charge in [0.25, 0.3) is 5.91 Å². The van der Waals surface area contributed by atoms with E-state index in [4.69, 9.17) is 9.15 Å². The summed E-state index contributed by atoms with van der Waals surface area (Å²) in [7, 11) is 1.64. The van der Waals surface area contributed by atoms with E-state index in [-0.39, 0.29) is 11.8 Å². The molecule has 0 bridgehead atoms. The van der Waals surface area contributed by atoms with Crippen LogP contribution in [0.2, 0.25) is 0 Å². The molecule has 27 heavy (non-hydrogen) atoms. The van der Waals surface area contributed by atoms with Gasteiger partial charge in [0.2, 0.25) is 5.91 Å². The molecular weight excluding hydrogens is 364 g/mol. The van der Waals surface area contributed by atoms with Gasteiger partial charge in [-0.3, -0.25) is 9.59 Å². The predicted octanol–water partition coefficient (Wildman–Crippen LogP) is 3.64. The van der Waals surface area contributed by atoms with Crippen molar-refractivity contribution in [2.45, 2.75) is 32.1 Å². The van der Waals surface area contributed by atoms with Gasteiger partial charge in [0.1, 0.15) is 10.8 Å². The molecule has 0 fully saturated rings. The van der Waals surface area contributed by atoms with E-state index < -0.39 is 0 Å². The number of hydrogen-bond acceptors (Lipinski definition) is 5. The van der Waals surface area contributed by atoms with Crippen molar-refractivity contribution in [3.63, 3.8) is 0 Å². The van der Waals surface area contributed by atoms with Crippen LogP contribution in [0.3, 0.4) is 0 Å². The fourth-order valence-corrected chi connectivity index (χ4v) is 4.39. The van der Waals surface area contributed by atoms with E-state index in [1.165, 1.54) is 22.3 Å². The lowest BCUT2D eigenvalue weighted by Gasteiger charge is -2.13. The number of carbonyl (C=O) groups excluding carboxylic acids is 2. The number of thiophene rings is 1. The average Bonchev–Trinajstić information content (AvgIpc) is 3.30. The molecule has 2 aromatic heterocycles. The van der Waals surface area contributed by atoms with Crippen LogP contribution in [0.5, 0.6) is 0 Å². The number of fused-ring (bicyclic) bond motifs is 1. The molecule has 0 saturated carbocycles. The molecule has 0 aliphatic heterocycles. The van der Waals surface area contributed by atoms with Crippen molar-refractivity contribution in [1.82, 2.24) is 5.32 Å². The Morgan fingerprint density at radius 2 is 2.19 bits per heavy atom. The highest BCUT2D eigenvalue weighted by atomic mass is 32.1. The molecule has 0 saturated heterocycles. The summed E-state index contributed by atoms with van der Waals surface area (Å²) in [6.07, 6.45) is 9.35. The first-order chi connectivity index (χ1) is 13.2. The lowest BCUT2D eigenvalue weighted by atomic mass is 9.95. The molecule has 0 radical (unpaired) electrons. The molecule has 6 nitrogen and oxygen atoms in total. The van der Waals surface area contributed by atoms with E-state index in [1.54, 1.807) is 31.6 Å². The number of rotatable bonds is 8. The van der Waals surface area contributed by atoms with Crippen molar-refractivity contribution < 1.29 is 18.7 Å². The van der Waals surface area contributed by atoms with Crippen LogP contribution < -0.4 is 10.6 Å². The summed E-state index contributed by atoms with van der Waals surface area (Å²) in [6, 6.07) is 3.53. The molecule has 2 amide bonds. The standard InChI is InChI=1S/C20H24N2O4S/c1-25-12-5-11-21-19(24)18-15-7-2-3-8-16(15)27-20(18)22-17(23)10-9-14-6-4-13-26-14/h4,6,9-10,13H,2-3,5,7-8,11-12H2,1H3,(H,21,24)(H,22,23)/b10-9-. The number of aryl methyl sites for hydroxylation is 1. The number of hydrogen-bond donors (Lipinski definition) is 2. The van der Waals surface area contributed by atoms with Gasteiger partial charge in [0, 0.05) is 31.2 Å². The lowest BCUT2D eigenvalue weighted by Crippen LogP contribution is -2.27. The summed E-state index contributed by atoms with van der Waals surface area (Å²) < 4.78 is 10.2. The summed E-state index contributed by atoms with van der Waals surface area (Å²) in [4.78, 5) is 26.3. The van der Waals surface area contributed by atoms with Gasteiger partial charge in [-0.1, -0.05) is 0 Å². The molecule has 144 valence electrons. The molecule has 2 aromatic rings. The number of amides is 2. The predicted molar refractivity (Wildman–Crippen MR) is 106 cm³/mol. The maximum absolute atomic E-state index is 12.8. The Morgan fingerprint density at radius 3 is 2.96 bits per heavy atom. The van der Waals surface area contributed by atoms with Crippen molar-refractivity contribution >= 4 is 34.2 Å². The van der Waals surface area contributed by atoms with Crippen LogP contribution in [-0.4, -0.2) is 32.1 Å².